The number of likely N-dealkylation sites (tertiary alicyclic amines) is 1. The number of benzene rings is 1. The van der Waals surface area contributed by atoms with Gasteiger partial charge in [-0.05, 0) is 55.7 Å². The smallest absolute Gasteiger partial charge is 0.303 e. The average Bonchev–Trinajstić information content (AvgIpc) is 2.75. The Morgan fingerprint density at radius 3 is 2.67 bits per heavy atom. The standard InChI is InChI=1S/C25H30N4O3S/c1-14-18-12-29(13-19(15(2)32-14)25(18)9-17(10-25)8-22(30)31)11-16-3-4-21-20(7-16)28-23-24(33-21)27-6-5-26-23/h3-7,14-15,17-19H,8-13H2,1-2H3,(H,26,28)(H,30,31). The molecule has 4 unspecified atom stereocenters. The Bertz CT molecular complexity index is 1070. The van der Waals surface area contributed by atoms with Gasteiger partial charge < -0.3 is 15.2 Å². The summed E-state index contributed by atoms with van der Waals surface area (Å²) in [5.41, 5.74) is 2.64. The molecule has 4 heterocycles. The van der Waals surface area contributed by atoms with Crippen LogP contribution in [0.2, 0.25) is 0 Å². The Morgan fingerprint density at radius 2 is 1.94 bits per heavy atom. The zero-order valence-corrected chi connectivity index (χ0v) is 19.8. The zero-order chi connectivity index (χ0) is 22.7. The Labute approximate surface area is 198 Å². The average molecular weight is 467 g/mol. The van der Waals surface area contributed by atoms with E-state index in [1.165, 1.54) is 10.5 Å². The van der Waals surface area contributed by atoms with Crippen LogP contribution in [0, 0.1) is 23.2 Å². The number of anilines is 2. The lowest BCUT2D eigenvalue weighted by molar-refractivity contribution is -0.249. The lowest BCUT2D eigenvalue weighted by Gasteiger charge is -2.66. The number of aromatic nitrogens is 2. The van der Waals surface area contributed by atoms with Crippen molar-refractivity contribution in [1.29, 1.82) is 0 Å². The van der Waals surface area contributed by atoms with Crippen molar-refractivity contribution in [3.8, 4) is 0 Å². The van der Waals surface area contributed by atoms with Gasteiger partial charge in [-0.3, -0.25) is 9.69 Å². The summed E-state index contributed by atoms with van der Waals surface area (Å²) in [4.78, 5) is 23.8. The monoisotopic (exact) mass is 466 g/mol. The van der Waals surface area contributed by atoms with Crippen LogP contribution in [0.5, 0.6) is 0 Å². The Kier molecular flexibility index (Phi) is 5.16. The SMILES string of the molecule is CC1OC(C)C2CN(Cc3ccc4c(c3)Nc3nccnc3S4)CC1C21CC(CC(=O)O)C1. The van der Waals surface area contributed by atoms with E-state index in [1.807, 2.05) is 0 Å². The second kappa shape index (κ2) is 7.96. The highest BCUT2D eigenvalue weighted by molar-refractivity contribution is 7.99. The molecule has 1 spiro atoms. The van der Waals surface area contributed by atoms with E-state index in [2.05, 4.69) is 52.2 Å². The molecule has 1 aliphatic carbocycles. The van der Waals surface area contributed by atoms with Gasteiger partial charge in [0.25, 0.3) is 0 Å². The largest absolute Gasteiger partial charge is 0.481 e. The second-order valence-corrected chi connectivity index (χ2v) is 11.4. The molecule has 2 aromatic rings. The minimum atomic E-state index is -0.664. The van der Waals surface area contributed by atoms with Gasteiger partial charge >= 0.3 is 5.97 Å². The molecule has 7 nitrogen and oxygen atoms in total. The number of carboxylic acid groups (broad SMARTS) is 1. The molecule has 4 aliphatic rings. The van der Waals surface area contributed by atoms with Crippen LogP contribution >= 0.6 is 11.8 Å². The van der Waals surface area contributed by atoms with Crippen molar-refractivity contribution in [3.63, 3.8) is 0 Å². The van der Waals surface area contributed by atoms with Crippen molar-refractivity contribution in [1.82, 2.24) is 14.9 Å². The molecular formula is C25H30N4O3S. The van der Waals surface area contributed by atoms with Crippen molar-refractivity contribution >= 4 is 29.2 Å². The first kappa shape index (κ1) is 21.4. The van der Waals surface area contributed by atoms with Crippen LogP contribution < -0.4 is 5.32 Å². The summed E-state index contributed by atoms with van der Waals surface area (Å²) >= 11 is 1.66. The second-order valence-electron chi connectivity index (χ2n) is 10.3. The first-order valence-electron chi connectivity index (χ1n) is 11.9. The van der Waals surface area contributed by atoms with Crippen LogP contribution in [0.4, 0.5) is 11.5 Å². The van der Waals surface area contributed by atoms with Crippen molar-refractivity contribution in [3.05, 3.63) is 36.2 Å². The number of hydrogen-bond acceptors (Lipinski definition) is 7. The Balaban J connectivity index is 1.19. The predicted octanol–water partition coefficient (Wildman–Crippen LogP) is 4.41. The fourth-order valence-electron chi connectivity index (χ4n) is 7.01. The minimum Gasteiger partial charge on any atom is -0.481 e. The third-order valence-electron chi connectivity index (χ3n) is 8.32. The quantitative estimate of drug-likeness (QED) is 0.585. The molecule has 33 heavy (non-hydrogen) atoms. The Morgan fingerprint density at radius 1 is 1.21 bits per heavy atom. The highest BCUT2D eigenvalue weighted by Gasteiger charge is 2.62. The number of carboxylic acids is 1. The molecule has 1 saturated carbocycles. The molecule has 8 heteroatoms. The van der Waals surface area contributed by atoms with Gasteiger partial charge in [-0.2, -0.15) is 0 Å². The molecule has 3 aliphatic heterocycles. The fraction of sp³-hybridized carbons (Fsp3) is 0.560. The molecule has 1 aromatic heterocycles. The summed E-state index contributed by atoms with van der Waals surface area (Å²) in [7, 11) is 0. The molecule has 2 N–H and O–H groups in total. The number of hydrogen-bond donors (Lipinski definition) is 2. The number of fused-ring (bicyclic) bond motifs is 2. The van der Waals surface area contributed by atoms with Crippen molar-refractivity contribution in [2.45, 2.75) is 61.8 Å². The lowest BCUT2D eigenvalue weighted by atomic mass is 9.46. The van der Waals surface area contributed by atoms with Crippen LogP contribution in [-0.4, -0.2) is 51.2 Å². The van der Waals surface area contributed by atoms with Gasteiger partial charge in [0.05, 0.1) is 17.9 Å². The zero-order valence-electron chi connectivity index (χ0n) is 19.0. The van der Waals surface area contributed by atoms with E-state index < -0.39 is 5.97 Å². The summed E-state index contributed by atoms with van der Waals surface area (Å²) in [6.45, 7) is 7.36. The summed E-state index contributed by atoms with van der Waals surface area (Å²) in [6, 6.07) is 6.66. The third-order valence-corrected chi connectivity index (χ3v) is 9.39. The van der Waals surface area contributed by atoms with Gasteiger partial charge in [0.15, 0.2) is 5.82 Å². The van der Waals surface area contributed by atoms with E-state index in [0.29, 0.717) is 24.2 Å². The van der Waals surface area contributed by atoms with Crippen LogP contribution in [0.15, 0.2) is 40.5 Å². The van der Waals surface area contributed by atoms with Gasteiger partial charge in [-0.1, -0.05) is 17.8 Å². The van der Waals surface area contributed by atoms with Crippen LogP contribution in [0.1, 0.15) is 38.7 Å². The summed E-state index contributed by atoms with van der Waals surface area (Å²) in [5.74, 6) is 1.41. The fourth-order valence-corrected chi connectivity index (χ4v) is 7.89. The van der Waals surface area contributed by atoms with E-state index in [1.54, 1.807) is 24.2 Å². The number of ether oxygens (including phenoxy) is 1. The summed E-state index contributed by atoms with van der Waals surface area (Å²) in [5, 5.41) is 13.6. The molecular weight excluding hydrogens is 436 g/mol. The first-order valence-corrected chi connectivity index (χ1v) is 12.7. The number of piperidine rings is 1. The van der Waals surface area contributed by atoms with Crippen molar-refractivity contribution < 1.29 is 14.6 Å². The summed E-state index contributed by atoms with van der Waals surface area (Å²) < 4.78 is 6.34. The normalized spacial score (nSPS) is 34.7. The number of rotatable bonds is 4. The van der Waals surface area contributed by atoms with Gasteiger partial charge in [0.2, 0.25) is 0 Å². The molecule has 2 bridgehead atoms. The number of nitrogens with zero attached hydrogens (tertiary/aromatic N) is 3. The maximum Gasteiger partial charge on any atom is 0.303 e. The number of aliphatic carboxylic acids is 1. The molecule has 174 valence electrons. The van der Waals surface area contributed by atoms with Gasteiger partial charge in [-0.25, -0.2) is 9.97 Å². The minimum absolute atomic E-state index is 0.210. The van der Waals surface area contributed by atoms with Crippen LogP contribution in [0.3, 0.4) is 0 Å². The van der Waals surface area contributed by atoms with E-state index >= 15 is 0 Å². The Hall–Kier alpha value is -2.16. The molecule has 6 rings (SSSR count). The topological polar surface area (TPSA) is 87.6 Å². The molecule has 0 radical (unpaired) electrons. The van der Waals surface area contributed by atoms with E-state index in [0.717, 1.165) is 49.0 Å². The van der Waals surface area contributed by atoms with Gasteiger partial charge in [0, 0.05) is 55.2 Å². The highest BCUT2D eigenvalue weighted by Crippen LogP contribution is 2.63. The van der Waals surface area contributed by atoms with Gasteiger partial charge in [0.1, 0.15) is 5.03 Å². The molecule has 2 saturated heterocycles. The van der Waals surface area contributed by atoms with Crippen LogP contribution in [0.25, 0.3) is 0 Å². The number of carbonyl (C=O) groups is 1. The molecule has 3 fully saturated rings. The maximum absolute atomic E-state index is 11.2. The van der Waals surface area contributed by atoms with Crippen LogP contribution in [-0.2, 0) is 16.1 Å². The highest BCUT2D eigenvalue weighted by atomic mass is 32.2. The van der Waals surface area contributed by atoms with Gasteiger partial charge in [-0.15, -0.1) is 0 Å². The van der Waals surface area contributed by atoms with E-state index in [9.17, 15) is 9.90 Å². The molecule has 4 atom stereocenters. The van der Waals surface area contributed by atoms with E-state index in [4.69, 9.17) is 4.74 Å². The molecule has 0 amide bonds. The number of nitrogens with one attached hydrogen (secondary N) is 1. The third kappa shape index (κ3) is 3.63. The van der Waals surface area contributed by atoms with Crippen molar-refractivity contribution in [2.24, 2.45) is 23.2 Å². The lowest BCUT2D eigenvalue weighted by Crippen LogP contribution is -2.67. The van der Waals surface area contributed by atoms with Crippen molar-refractivity contribution in [2.75, 3.05) is 18.4 Å². The predicted molar refractivity (Wildman–Crippen MR) is 126 cm³/mol. The molecule has 1 aromatic carbocycles. The van der Waals surface area contributed by atoms with E-state index in [-0.39, 0.29) is 17.6 Å². The first-order chi connectivity index (χ1) is 15.9. The summed E-state index contributed by atoms with van der Waals surface area (Å²) in [6.07, 6.45) is 6.26. The maximum atomic E-state index is 11.2.